The lowest BCUT2D eigenvalue weighted by molar-refractivity contribution is 0.442. The second kappa shape index (κ2) is 5.92. The second-order valence-electron chi connectivity index (χ2n) is 5.68. The molecule has 0 bridgehead atoms. The molecule has 0 spiro atoms. The summed E-state index contributed by atoms with van der Waals surface area (Å²) in [5, 5.41) is 0. The van der Waals surface area contributed by atoms with Gasteiger partial charge in [-0.05, 0) is 36.5 Å². The van der Waals surface area contributed by atoms with E-state index in [1.807, 2.05) is 6.07 Å². The number of rotatable bonds is 2. The van der Waals surface area contributed by atoms with Crippen molar-refractivity contribution in [2.45, 2.75) is 38.0 Å². The van der Waals surface area contributed by atoms with Crippen molar-refractivity contribution in [3.05, 3.63) is 59.4 Å². The van der Waals surface area contributed by atoms with Gasteiger partial charge in [-0.3, -0.25) is 0 Å². The zero-order valence-corrected chi connectivity index (χ0v) is 11.7. The molecule has 2 aromatic carbocycles. The van der Waals surface area contributed by atoms with Crippen LogP contribution >= 0.6 is 0 Å². The molecule has 1 fully saturated rings. The summed E-state index contributed by atoms with van der Waals surface area (Å²) in [5.41, 5.74) is 1.06. The van der Waals surface area contributed by atoms with Crippen LogP contribution in [0.2, 0.25) is 0 Å². The molecular formula is C18H17F3. The lowest BCUT2D eigenvalue weighted by Gasteiger charge is -2.22. The number of hydrogen-bond acceptors (Lipinski definition) is 0. The van der Waals surface area contributed by atoms with Crippen molar-refractivity contribution in [1.29, 1.82) is 0 Å². The van der Waals surface area contributed by atoms with Crippen LogP contribution in [-0.4, -0.2) is 0 Å². The van der Waals surface area contributed by atoms with Crippen LogP contribution in [0, 0.1) is 17.5 Å². The van der Waals surface area contributed by atoms with Crippen LogP contribution in [-0.2, 0) is 0 Å². The highest BCUT2D eigenvalue weighted by atomic mass is 19.2. The quantitative estimate of drug-likeness (QED) is 0.654. The van der Waals surface area contributed by atoms with Crippen LogP contribution in [0.3, 0.4) is 0 Å². The Kier molecular flexibility index (Phi) is 4.00. The first-order chi connectivity index (χ1) is 10.2. The molecule has 3 rings (SSSR count). The van der Waals surface area contributed by atoms with Crippen LogP contribution < -0.4 is 0 Å². The van der Waals surface area contributed by atoms with E-state index < -0.39 is 17.5 Å². The van der Waals surface area contributed by atoms with Crippen molar-refractivity contribution in [3.8, 4) is 11.1 Å². The average Bonchev–Trinajstić information content (AvgIpc) is 2.51. The summed E-state index contributed by atoms with van der Waals surface area (Å²) in [7, 11) is 0. The summed E-state index contributed by atoms with van der Waals surface area (Å²) in [6, 6.07) is 8.72. The van der Waals surface area contributed by atoms with Crippen molar-refractivity contribution in [2.75, 3.05) is 0 Å². The molecule has 1 aliphatic carbocycles. The highest BCUT2D eigenvalue weighted by Gasteiger charge is 2.18. The smallest absolute Gasteiger partial charge is 0.166 e. The summed E-state index contributed by atoms with van der Waals surface area (Å²) in [6.45, 7) is 0. The van der Waals surface area contributed by atoms with E-state index in [-0.39, 0.29) is 11.1 Å². The van der Waals surface area contributed by atoms with Gasteiger partial charge in [0.15, 0.2) is 11.6 Å². The Hall–Kier alpha value is -1.77. The van der Waals surface area contributed by atoms with Crippen molar-refractivity contribution in [3.63, 3.8) is 0 Å². The van der Waals surface area contributed by atoms with Gasteiger partial charge in [0.05, 0.1) is 0 Å². The maximum absolute atomic E-state index is 14.3. The molecule has 0 atom stereocenters. The first kappa shape index (κ1) is 14.2. The summed E-state index contributed by atoms with van der Waals surface area (Å²) in [4.78, 5) is 0. The van der Waals surface area contributed by atoms with Gasteiger partial charge in [-0.2, -0.15) is 0 Å². The molecule has 0 aliphatic heterocycles. The molecule has 21 heavy (non-hydrogen) atoms. The van der Waals surface area contributed by atoms with Gasteiger partial charge in [0, 0.05) is 11.1 Å². The summed E-state index contributed by atoms with van der Waals surface area (Å²) in [6.07, 6.45) is 5.74. The van der Waals surface area contributed by atoms with Crippen molar-refractivity contribution < 1.29 is 13.2 Å². The topological polar surface area (TPSA) is 0 Å². The maximum Gasteiger partial charge on any atom is 0.166 e. The maximum atomic E-state index is 14.3. The predicted molar refractivity (Wildman–Crippen MR) is 77.6 cm³/mol. The van der Waals surface area contributed by atoms with Gasteiger partial charge >= 0.3 is 0 Å². The molecule has 0 radical (unpaired) electrons. The molecule has 3 heteroatoms. The SMILES string of the molecule is Fc1cc(C2CCCCC2)ccc1-c1cccc(F)c1F. The molecule has 2 aromatic rings. The molecule has 0 aromatic heterocycles. The summed E-state index contributed by atoms with van der Waals surface area (Å²) in [5.74, 6) is -2.05. The Morgan fingerprint density at radius 3 is 2.24 bits per heavy atom. The van der Waals surface area contributed by atoms with Gasteiger partial charge in [0.2, 0.25) is 0 Å². The Bertz CT molecular complexity index is 643. The van der Waals surface area contributed by atoms with E-state index in [1.54, 1.807) is 6.07 Å². The third kappa shape index (κ3) is 2.82. The van der Waals surface area contributed by atoms with Crippen molar-refractivity contribution in [1.82, 2.24) is 0 Å². The van der Waals surface area contributed by atoms with Gasteiger partial charge in [-0.1, -0.05) is 43.5 Å². The van der Waals surface area contributed by atoms with Crippen LogP contribution in [0.4, 0.5) is 13.2 Å². The predicted octanol–water partition coefficient (Wildman–Crippen LogP) is 5.82. The number of halogens is 3. The molecule has 0 nitrogen and oxygen atoms in total. The van der Waals surface area contributed by atoms with Gasteiger partial charge in [-0.15, -0.1) is 0 Å². The highest BCUT2D eigenvalue weighted by molar-refractivity contribution is 5.65. The molecule has 1 saturated carbocycles. The fourth-order valence-corrected chi connectivity index (χ4v) is 3.15. The molecule has 0 unspecified atom stereocenters. The lowest BCUT2D eigenvalue weighted by Crippen LogP contribution is -2.05. The third-order valence-corrected chi connectivity index (χ3v) is 4.31. The zero-order valence-electron chi connectivity index (χ0n) is 11.7. The minimum absolute atomic E-state index is 0.0253. The van der Waals surface area contributed by atoms with Crippen LogP contribution in [0.15, 0.2) is 36.4 Å². The normalized spacial score (nSPS) is 16.1. The Balaban J connectivity index is 1.96. The molecule has 0 heterocycles. The van der Waals surface area contributed by atoms with Crippen molar-refractivity contribution >= 4 is 0 Å². The Morgan fingerprint density at radius 1 is 0.762 bits per heavy atom. The average molecular weight is 290 g/mol. The van der Waals surface area contributed by atoms with Gasteiger partial charge in [0.25, 0.3) is 0 Å². The van der Waals surface area contributed by atoms with Gasteiger partial charge in [0.1, 0.15) is 5.82 Å². The van der Waals surface area contributed by atoms with Gasteiger partial charge < -0.3 is 0 Å². The highest BCUT2D eigenvalue weighted by Crippen LogP contribution is 2.35. The summed E-state index contributed by atoms with van der Waals surface area (Å²) >= 11 is 0. The molecular weight excluding hydrogens is 273 g/mol. The minimum Gasteiger partial charge on any atom is -0.206 e. The fourth-order valence-electron chi connectivity index (χ4n) is 3.15. The Morgan fingerprint density at radius 2 is 1.52 bits per heavy atom. The fraction of sp³-hybridized carbons (Fsp3) is 0.333. The van der Waals surface area contributed by atoms with E-state index in [0.29, 0.717) is 5.92 Å². The van der Waals surface area contributed by atoms with Crippen molar-refractivity contribution in [2.24, 2.45) is 0 Å². The van der Waals surface area contributed by atoms with Crippen LogP contribution in [0.1, 0.15) is 43.6 Å². The molecule has 0 amide bonds. The first-order valence-corrected chi connectivity index (χ1v) is 7.40. The monoisotopic (exact) mass is 290 g/mol. The molecule has 110 valence electrons. The van der Waals surface area contributed by atoms with E-state index in [9.17, 15) is 13.2 Å². The molecule has 1 aliphatic rings. The zero-order chi connectivity index (χ0) is 14.8. The minimum atomic E-state index is -0.998. The number of hydrogen-bond donors (Lipinski definition) is 0. The van der Waals surface area contributed by atoms with Gasteiger partial charge in [-0.25, -0.2) is 13.2 Å². The first-order valence-electron chi connectivity index (χ1n) is 7.40. The lowest BCUT2D eigenvalue weighted by atomic mass is 9.83. The van der Waals surface area contributed by atoms with E-state index in [1.165, 1.54) is 37.5 Å². The number of benzene rings is 2. The largest absolute Gasteiger partial charge is 0.206 e. The standard InChI is InChI=1S/C18H17F3/c19-16-8-4-7-15(18(16)21)14-10-9-13(11-17(14)20)12-5-2-1-3-6-12/h4,7-12H,1-3,5-6H2. The Labute approximate surface area is 122 Å². The van der Waals surface area contributed by atoms with E-state index >= 15 is 0 Å². The van der Waals surface area contributed by atoms with E-state index in [4.69, 9.17) is 0 Å². The van der Waals surface area contributed by atoms with E-state index in [2.05, 4.69) is 0 Å². The van der Waals surface area contributed by atoms with Crippen LogP contribution in [0.25, 0.3) is 11.1 Å². The second-order valence-corrected chi connectivity index (χ2v) is 5.68. The summed E-state index contributed by atoms with van der Waals surface area (Å²) < 4.78 is 41.4. The van der Waals surface area contributed by atoms with Crippen LogP contribution in [0.5, 0.6) is 0 Å². The third-order valence-electron chi connectivity index (χ3n) is 4.31. The van der Waals surface area contributed by atoms with E-state index in [0.717, 1.165) is 24.5 Å². The molecule has 0 saturated heterocycles. The molecule has 0 N–H and O–H groups in total.